The highest BCUT2D eigenvalue weighted by molar-refractivity contribution is 5.88. The van der Waals surface area contributed by atoms with Gasteiger partial charge in [0.15, 0.2) is 0 Å². The lowest BCUT2D eigenvalue weighted by Crippen LogP contribution is -2.50. The lowest BCUT2D eigenvalue weighted by Gasteiger charge is -2.29. The van der Waals surface area contributed by atoms with Gasteiger partial charge in [-0.1, -0.05) is 13.8 Å². The predicted octanol–water partition coefficient (Wildman–Crippen LogP) is 2.01. The van der Waals surface area contributed by atoms with E-state index in [0.29, 0.717) is 42.8 Å². The van der Waals surface area contributed by atoms with Gasteiger partial charge in [-0.2, -0.15) is 0 Å². The highest BCUT2D eigenvalue weighted by Gasteiger charge is 2.34. The van der Waals surface area contributed by atoms with Gasteiger partial charge >= 0.3 is 0 Å². The Morgan fingerprint density at radius 3 is 2.92 bits per heavy atom. The Kier molecular flexibility index (Phi) is 5.01. The zero-order chi connectivity index (χ0) is 18.0. The van der Waals surface area contributed by atoms with Crippen LogP contribution in [0.2, 0.25) is 0 Å². The van der Waals surface area contributed by atoms with E-state index in [4.69, 9.17) is 0 Å². The zero-order valence-corrected chi connectivity index (χ0v) is 14.5. The molecule has 1 fully saturated rings. The Hall–Kier alpha value is -2.44. The molecule has 2 heterocycles. The van der Waals surface area contributed by atoms with Gasteiger partial charge < -0.3 is 15.2 Å². The number of hydrogen-bond acceptors (Lipinski definition) is 3. The largest absolute Gasteiger partial charge is 0.354 e. The number of fused-ring (bicyclic) bond motifs is 1. The third-order valence-electron chi connectivity index (χ3n) is 4.50. The molecule has 1 saturated heterocycles. The lowest BCUT2D eigenvalue weighted by molar-refractivity contribution is -0.139. The number of H-pyrrole nitrogens is 1. The van der Waals surface area contributed by atoms with Gasteiger partial charge in [-0.25, -0.2) is 9.37 Å². The number of nitrogens with one attached hydrogen (secondary N) is 2. The molecule has 2 N–H and O–H groups in total. The summed E-state index contributed by atoms with van der Waals surface area (Å²) in [6, 6.07) is 3.96. The summed E-state index contributed by atoms with van der Waals surface area (Å²) in [5, 5.41) is 2.90. The maximum atomic E-state index is 13.2. The summed E-state index contributed by atoms with van der Waals surface area (Å²) in [6.07, 6.45) is 1.84. The van der Waals surface area contributed by atoms with Crippen molar-refractivity contribution in [3.63, 3.8) is 0 Å². The molecule has 2 amide bonds. The van der Waals surface area contributed by atoms with Gasteiger partial charge in [0.05, 0.1) is 11.0 Å². The quantitative estimate of drug-likeness (QED) is 0.840. The molecule has 1 unspecified atom stereocenters. The second-order valence-electron chi connectivity index (χ2n) is 6.77. The van der Waals surface area contributed by atoms with E-state index in [2.05, 4.69) is 15.3 Å². The van der Waals surface area contributed by atoms with Crippen LogP contribution < -0.4 is 5.32 Å². The minimum absolute atomic E-state index is 0.0492. The van der Waals surface area contributed by atoms with Gasteiger partial charge in [0.25, 0.3) is 0 Å². The Labute approximate surface area is 145 Å². The average molecular weight is 346 g/mol. The molecule has 0 bridgehead atoms. The van der Waals surface area contributed by atoms with E-state index in [-0.39, 0.29) is 23.5 Å². The first kappa shape index (κ1) is 17.4. The van der Waals surface area contributed by atoms with E-state index >= 15 is 0 Å². The lowest BCUT2D eigenvalue weighted by atomic mass is 10.0. The number of carbonyl (C=O) groups is 2. The van der Waals surface area contributed by atoms with Crippen LogP contribution in [-0.2, 0) is 16.0 Å². The number of amides is 2. The number of hydrogen-bond donors (Lipinski definition) is 2. The molecule has 6 nitrogen and oxygen atoms in total. The Morgan fingerprint density at radius 2 is 2.24 bits per heavy atom. The van der Waals surface area contributed by atoms with E-state index < -0.39 is 6.04 Å². The molecule has 1 aliphatic heterocycles. The third kappa shape index (κ3) is 3.81. The molecule has 2 aromatic rings. The van der Waals surface area contributed by atoms with Crippen LogP contribution in [0.3, 0.4) is 0 Å². The second-order valence-corrected chi connectivity index (χ2v) is 6.77. The third-order valence-corrected chi connectivity index (χ3v) is 4.50. The molecule has 0 saturated carbocycles. The monoisotopic (exact) mass is 346 g/mol. The van der Waals surface area contributed by atoms with Crippen LogP contribution in [0.25, 0.3) is 11.0 Å². The van der Waals surface area contributed by atoms with Crippen molar-refractivity contribution in [2.75, 3.05) is 13.1 Å². The number of aromatic nitrogens is 2. The normalized spacial score (nSPS) is 16.0. The fourth-order valence-corrected chi connectivity index (χ4v) is 3.33. The molecular formula is C18H23FN4O2. The fourth-order valence-electron chi connectivity index (χ4n) is 3.33. The molecule has 25 heavy (non-hydrogen) atoms. The second kappa shape index (κ2) is 7.21. The van der Waals surface area contributed by atoms with Crippen molar-refractivity contribution in [1.29, 1.82) is 0 Å². The number of carbonyl (C=O) groups excluding carboxylic acids is 2. The van der Waals surface area contributed by atoms with Gasteiger partial charge in [-0.05, 0) is 30.5 Å². The molecular weight excluding hydrogens is 323 g/mol. The van der Waals surface area contributed by atoms with E-state index in [1.165, 1.54) is 12.1 Å². The van der Waals surface area contributed by atoms with E-state index in [9.17, 15) is 14.0 Å². The molecule has 1 aliphatic rings. The first-order valence-electron chi connectivity index (χ1n) is 8.67. The van der Waals surface area contributed by atoms with Gasteiger partial charge in [-0.15, -0.1) is 0 Å². The summed E-state index contributed by atoms with van der Waals surface area (Å²) in [5.41, 5.74) is 1.34. The number of aromatic amines is 1. The highest BCUT2D eigenvalue weighted by atomic mass is 19.1. The van der Waals surface area contributed by atoms with Gasteiger partial charge in [-0.3, -0.25) is 9.59 Å². The highest BCUT2D eigenvalue weighted by Crippen LogP contribution is 2.19. The molecule has 0 aliphatic carbocycles. The van der Waals surface area contributed by atoms with E-state index in [1.807, 2.05) is 13.8 Å². The molecule has 3 rings (SSSR count). The van der Waals surface area contributed by atoms with Crippen LogP contribution in [0.4, 0.5) is 4.39 Å². The van der Waals surface area contributed by atoms with Crippen molar-refractivity contribution in [1.82, 2.24) is 20.2 Å². The molecule has 134 valence electrons. The molecule has 1 aromatic carbocycles. The van der Waals surface area contributed by atoms with Gasteiger partial charge in [0, 0.05) is 25.9 Å². The summed E-state index contributed by atoms with van der Waals surface area (Å²) in [4.78, 5) is 33.6. The van der Waals surface area contributed by atoms with Crippen molar-refractivity contribution in [3.8, 4) is 0 Å². The van der Waals surface area contributed by atoms with Gasteiger partial charge in [0.2, 0.25) is 11.8 Å². The van der Waals surface area contributed by atoms with Crippen molar-refractivity contribution in [2.24, 2.45) is 5.92 Å². The summed E-state index contributed by atoms with van der Waals surface area (Å²) < 4.78 is 13.2. The van der Waals surface area contributed by atoms with Crippen molar-refractivity contribution in [3.05, 3.63) is 29.8 Å². The average Bonchev–Trinajstić information content (AvgIpc) is 3.13. The molecule has 0 radical (unpaired) electrons. The van der Waals surface area contributed by atoms with Crippen molar-refractivity contribution in [2.45, 2.75) is 39.2 Å². The number of rotatable bonds is 6. The molecule has 1 atom stereocenters. The molecule has 1 aromatic heterocycles. The van der Waals surface area contributed by atoms with E-state index in [0.717, 1.165) is 6.42 Å². The van der Waals surface area contributed by atoms with Crippen LogP contribution in [0.5, 0.6) is 0 Å². The summed E-state index contributed by atoms with van der Waals surface area (Å²) in [7, 11) is 0. The van der Waals surface area contributed by atoms with Crippen LogP contribution in [0.1, 0.15) is 32.5 Å². The number of benzene rings is 1. The van der Waals surface area contributed by atoms with Crippen molar-refractivity contribution < 1.29 is 14.0 Å². The topological polar surface area (TPSA) is 78.1 Å². The Morgan fingerprint density at radius 1 is 1.44 bits per heavy atom. The molecule has 0 spiro atoms. The minimum atomic E-state index is -0.431. The summed E-state index contributed by atoms with van der Waals surface area (Å²) in [6.45, 7) is 4.95. The smallest absolute Gasteiger partial charge is 0.243 e. The van der Waals surface area contributed by atoms with Crippen LogP contribution in [0.15, 0.2) is 18.2 Å². The van der Waals surface area contributed by atoms with Crippen LogP contribution in [-0.4, -0.2) is 45.8 Å². The molecule has 7 heteroatoms. The standard InChI is InChI=1S/C18H23FN4O2/c1-11(2)17(23-9-3-4-16(23)24)18(25)20-8-7-15-21-13-6-5-12(19)10-14(13)22-15/h5-6,10-11,17H,3-4,7-9H2,1-2H3,(H,20,25)(H,21,22). The Bertz CT molecular complexity index is 786. The van der Waals surface area contributed by atoms with Crippen molar-refractivity contribution >= 4 is 22.8 Å². The summed E-state index contributed by atoms with van der Waals surface area (Å²) in [5.74, 6) is 0.349. The fraction of sp³-hybridized carbons (Fsp3) is 0.500. The number of imidazole rings is 1. The first-order valence-corrected chi connectivity index (χ1v) is 8.67. The first-order chi connectivity index (χ1) is 12.0. The zero-order valence-electron chi connectivity index (χ0n) is 14.5. The predicted molar refractivity (Wildman–Crippen MR) is 92.3 cm³/mol. The number of halogens is 1. The Balaban J connectivity index is 1.59. The van der Waals surface area contributed by atoms with Crippen LogP contribution in [0, 0.1) is 11.7 Å². The maximum absolute atomic E-state index is 13.2. The summed E-state index contributed by atoms with van der Waals surface area (Å²) >= 11 is 0. The van der Waals surface area contributed by atoms with Crippen LogP contribution >= 0.6 is 0 Å². The number of nitrogens with zero attached hydrogens (tertiary/aromatic N) is 2. The van der Waals surface area contributed by atoms with Gasteiger partial charge in [0.1, 0.15) is 17.7 Å². The SMILES string of the molecule is CC(C)C(C(=O)NCCc1nc2ccc(F)cc2[nH]1)N1CCCC1=O. The minimum Gasteiger partial charge on any atom is -0.354 e. The number of likely N-dealkylation sites (tertiary alicyclic amines) is 1. The van der Waals surface area contributed by atoms with E-state index in [1.54, 1.807) is 11.0 Å². The maximum Gasteiger partial charge on any atom is 0.243 e.